The van der Waals surface area contributed by atoms with Gasteiger partial charge in [0.15, 0.2) is 11.3 Å². The first-order valence-corrected chi connectivity index (χ1v) is 23.5. The van der Waals surface area contributed by atoms with E-state index in [-0.39, 0.29) is 24.8 Å². The summed E-state index contributed by atoms with van der Waals surface area (Å²) in [6.07, 6.45) is 11.2. The minimum Gasteiger partial charge on any atom is -0.444 e. The summed E-state index contributed by atoms with van der Waals surface area (Å²) in [6.45, 7) is 17.8. The Morgan fingerprint density at radius 2 is 1.20 bits per heavy atom. The summed E-state index contributed by atoms with van der Waals surface area (Å²) in [5.41, 5.74) is 10.7. The summed E-state index contributed by atoms with van der Waals surface area (Å²) in [4.78, 5) is 28.5. The van der Waals surface area contributed by atoms with Crippen molar-refractivity contribution >= 4 is 55.5 Å². The van der Waals surface area contributed by atoms with E-state index >= 15 is 0 Å². The first kappa shape index (κ1) is 44.8. The molecule has 2 fully saturated rings. The number of aliphatic hydroxyl groups is 1. The van der Waals surface area contributed by atoms with Gasteiger partial charge < -0.3 is 29.9 Å². The number of halogens is 1. The van der Waals surface area contributed by atoms with Crippen molar-refractivity contribution in [1.82, 2.24) is 39.4 Å². The molecule has 0 spiro atoms. The molecular weight excluding hydrogens is 893 g/mol. The van der Waals surface area contributed by atoms with Crippen LogP contribution in [0.1, 0.15) is 54.0 Å². The van der Waals surface area contributed by atoms with Gasteiger partial charge in [0, 0.05) is 103 Å². The van der Waals surface area contributed by atoms with Crippen LogP contribution in [-0.4, -0.2) is 101 Å². The van der Waals surface area contributed by atoms with Crippen LogP contribution in [0.3, 0.4) is 0 Å². The van der Waals surface area contributed by atoms with Crippen molar-refractivity contribution < 1.29 is 14.6 Å². The monoisotopic (exact) mass is 948 g/mol. The van der Waals surface area contributed by atoms with Crippen LogP contribution in [0.4, 0.5) is 16.2 Å². The maximum absolute atomic E-state index is 12.5. The zero-order chi connectivity index (χ0) is 46.3. The zero-order valence-corrected chi connectivity index (χ0v) is 40.1. The van der Waals surface area contributed by atoms with Gasteiger partial charge in [0.2, 0.25) is 0 Å². The number of rotatable bonds is 6. The van der Waals surface area contributed by atoms with E-state index in [0.29, 0.717) is 25.2 Å². The SMILES string of the molecule is C[C@@H]1CN(C(=O)OC(C)(C)C)C[C@H](C)N1c1ccc(-c2cnc3c(Br)cnn3c2)cc1.C[C@@H]1CNC[C@H](C)N1c1ccc(-c2cnc3c(-c4cccc5c(CO)cccc45)cnn3c2)cc1. The number of hydrogen-bond donors (Lipinski definition) is 2. The molecule has 0 saturated carbocycles. The van der Waals surface area contributed by atoms with Gasteiger partial charge in [-0.05, 0) is 122 Å². The summed E-state index contributed by atoms with van der Waals surface area (Å²) in [5.74, 6) is 0. The van der Waals surface area contributed by atoms with E-state index in [1.165, 1.54) is 5.69 Å². The van der Waals surface area contributed by atoms with Crippen LogP contribution in [0.2, 0.25) is 0 Å². The molecule has 8 aromatic rings. The van der Waals surface area contributed by atoms with E-state index in [1.807, 2.05) is 85.4 Å². The molecule has 340 valence electrons. The minimum atomic E-state index is -0.485. The Morgan fingerprint density at radius 3 is 1.79 bits per heavy atom. The van der Waals surface area contributed by atoms with Crippen LogP contribution in [0, 0.1) is 0 Å². The molecule has 2 N–H and O–H groups in total. The first-order chi connectivity index (χ1) is 31.8. The quantitative estimate of drug-likeness (QED) is 0.166. The fraction of sp³-hybridized carbons (Fsp3) is 0.327. The van der Waals surface area contributed by atoms with Gasteiger partial charge in [-0.1, -0.05) is 60.7 Å². The average molecular weight is 950 g/mol. The fourth-order valence-corrected chi connectivity index (χ4v) is 9.93. The van der Waals surface area contributed by atoms with Crippen molar-refractivity contribution in [3.8, 4) is 33.4 Å². The molecule has 13 nitrogen and oxygen atoms in total. The van der Waals surface area contributed by atoms with Crippen LogP contribution in [0.15, 0.2) is 127 Å². The average Bonchev–Trinajstić information content (AvgIpc) is 3.90. The van der Waals surface area contributed by atoms with Crippen molar-refractivity contribution in [2.24, 2.45) is 0 Å². The Kier molecular flexibility index (Phi) is 12.6. The molecule has 2 aliphatic heterocycles. The smallest absolute Gasteiger partial charge is 0.410 e. The molecule has 2 aliphatic rings. The molecule has 6 heterocycles. The number of carbonyl (C=O) groups excluding carboxylic acids is 1. The largest absolute Gasteiger partial charge is 0.444 e. The Morgan fingerprint density at radius 1 is 0.667 bits per heavy atom. The highest BCUT2D eigenvalue weighted by atomic mass is 79.9. The predicted octanol–water partition coefficient (Wildman–Crippen LogP) is 9.89. The summed E-state index contributed by atoms with van der Waals surface area (Å²) >= 11 is 3.46. The highest BCUT2D eigenvalue weighted by Gasteiger charge is 2.34. The highest BCUT2D eigenvalue weighted by Crippen LogP contribution is 2.34. The standard InChI is InChI=1S/C29H29N5O.C23H28BrN5O2/c1-19-13-30-14-20(2)34(19)24-11-9-21(10-12-24)23-15-31-29-28(16-32-33(29)17-23)27-8-4-6-25-22(18-35)5-3-7-26(25)27;1-15-12-27(22(30)31-23(3,4)5)13-16(2)29(15)19-8-6-17(7-9-19)18-10-25-21-20(24)11-26-28(21)14-18/h3-12,15-17,19-20,30,35H,13-14,18H2,1-2H3;6-11,14-16H,12-13H2,1-5H3/t19-,20+;15-,16+. The molecule has 0 aliphatic carbocycles. The first-order valence-electron chi connectivity index (χ1n) is 22.7. The fourth-order valence-electron chi connectivity index (χ4n) is 9.56. The normalized spacial score (nSPS) is 19.0. The van der Waals surface area contributed by atoms with Crippen LogP contribution < -0.4 is 15.1 Å². The van der Waals surface area contributed by atoms with E-state index in [1.54, 1.807) is 10.7 Å². The zero-order valence-electron chi connectivity index (χ0n) is 38.6. The number of piperazine rings is 2. The van der Waals surface area contributed by atoms with Gasteiger partial charge in [-0.2, -0.15) is 10.2 Å². The molecule has 0 bridgehead atoms. The van der Waals surface area contributed by atoms with E-state index in [2.05, 4.69) is 135 Å². The van der Waals surface area contributed by atoms with Gasteiger partial charge in [-0.25, -0.2) is 23.8 Å². The number of aliphatic hydroxyl groups excluding tert-OH is 1. The molecular formula is C52H57BrN10O3. The molecule has 4 atom stereocenters. The van der Waals surface area contributed by atoms with Gasteiger partial charge in [0.1, 0.15) is 5.60 Å². The van der Waals surface area contributed by atoms with Gasteiger partial charge in [0.05, 0.1) is 23.5 Å². The molecule has 14 heteroatoms. The molecule has 1 amide bonds. The lowest BCUT2D eigenvalue weighted by Crippen LogP contribution is -2.58. The molecule has 4 aromatic carbocycles. The van der Waals surface area contributed by atoms with E-state index in [4.69, 9.17) is 9.72 Å². The summed E-state index contributed by atoms with van der Waals surface area (Å²) < 4.78 is 10.1. The topological polar surface area (TPSA) is 129 Å². The molecule has 0 unspecified atom stereocenters. The van der Waals surface area contributed by atoms with Crippen LogP contribution in [0.5, 0.6) is 0 Å². The van der Waals surface area contributed by atoms with Gasteiger partial charge >= 0.3 is 6.09 Å². The molecule has 10 rings (SSSR count). The van der Waals surface area contributed by atoms with Crippen molar-refractivity contribution in [3.05, 3.63) is 132 Å². The third kappa shape index (κ3) is 9.09. The summed E-state index contributed by atoms with van der Waals surface area (Å²) in [6, 6.07) is 30.7. The maximum Gasteiger partial charge on any atom is 0.410 e. The van der Waals surface area contributed by atoms with Crippen LogP contribution in [0.25, 0.3) is 55.4 Å². The summed E-state index contributed by atoms with van der Waals surface area (Å²) in [7, 11) is 0. The van der Waals surface area contributed by atoms with Crippen molar-refractivity contribution in [1.29, 1.82) is 0 Å². The third-order valence-electron chi connectivity index (χ3n) is 12.5. The van der Waals surface area contributed by atoms with Crippen molar-refractivity contribution in [3.63, 3.8) is 0 Å². The third-order valence-corrected chi connectivity index (χ3v) is 13.1. The maximum atomic E-state index is 12.5. The Hall–Kier alpha value is -6.35. The number of fused-ring (bicyclic) bond motifs is 3. The molecule has 0 radical (unpaired) electrons. The van der Waals surface area contributed by atoms with E-state index < -0.39 is 5.60 Å². The number of benzene rings is 4. The number of hydrogen-bond acceptors (Lipinski definition) is 10. The number of nitrogens with zero attached hydrogens (tertiary/aromatic N) is 9. The Bertz CT molecular complexity index is 2980. The Labute approximate surface area is 394 Å². The Balaban J connectivity index is 0.000000167. The second kappa shape index (κ2) is 18.5. The van der Waals surface area contributed by atoms with Crippen molar-refractivity contribution in [2.45, 2.75) is 84.8 Å². The lowest BCUT2D eigenvalue weighted by molar-refractivity contribution is 0.0193. The number of amides is 1. The minimum absolute atomic E-state index is 0.0163. The second-order valence-corrected chi connectivity index (χ2v) is 19.5. The van der Waals surface area contributed by atoms with Gasteiger partial charge in [-0.3, -0.25) is 0 Å². The lowest BCUT2D eigenvalue weighted by atomic mass is 9.97. The number of anilines is 2. The second-order valence-electron chi connectivity index (χ2n) is 18.6. The van der Waals surface area contributed by atoms with Crippen LogP contribution >= 0.6 is 15.9 Å². The molecule has 4 aromatic heterocycles. The van der Waals surface area contributed by atoms with E-state index in [0.717, 1.165) is 84.3 Å². The lowest BCUT2D eigenvalue weighted by Gasteiger charge is -2.45. The van der Waals surface area contributed by atoms with Crippen LogP contribution in [-0.2, 0) is 11.3 Å². The molecule has 66 heavy (non-hydrogen) atoms. The molecule has 2 saturated heterocycles. The number of nitrogens with one attached hydrogen (secondary N) is 1. The highest BCUT2D eigenvalue weighted by molar-refractivity contribution is 9.10. The number of ether oxygens (including phenoxy) is 1. The number of carbonyl (C=O) groups is 1. The number of aromatic nitrogens is 6. The van der Waals surface area contributed by atoms with E-state index in [9.17, 15) is 9.90 Å². The summed E-state index contributed by atoms with van der Waals surface area (Å²) in [5, 5.41) is 24.3. The van der Waals surface area contributed by atoms with Crippen molar-refractivity contribution in [2.75, 3.05) is 36.0 Å². The van der Waals surface area contributed by atoms with Gasteiger partial charge in [0.25, 0.3) is 0 Å². The predicted molar refractivity (Wildman–Crippen MR) is 267 cm³/mol. The van der Waals surface area contributed by atoms with Gasteiger partial charge in [-0.15, -0.1) is 0 Å².